The van der Waals surface area contributed by atoms with Gasteiger partial charge in [-0.25, -0.2) is 4.39 Å². The van der Waals surface area contributed by atoms with Crippen LogP contribution >= 0.6 is 15.9 Å². The van der Waals surface area contributed by atoms with E-state index in [0.29, 0.717) is 15.9 Å². The second-order valence-corrected chi connectivity index (χ2v) is 7.52. The normalized spacial score (nSPS) is 23.6. The summed E-state index contributed by atoms with van der Waals surface area (Å²) in [5, 5.41) is 3.54. The van der Waals surface area contributed by atoms with Crippen molar-refractivity contribution in [2.45, 2.75) is 58.9 Å². The van der Waals surface area contributed by atoms with E-state index >= 15 is 0 Å². The summed E-state index contributed by atoms with van der Waals surface area (Å²) in [7, 11) is 0. The van der Waals surface area contributed by atoms with Crippen LogP contribution in [0.15, 0.2) is 22.7 Å². The third kappa shape index (κ3) is 3.75. The van der Waals surface area contributed by atoms with Crippen LogP contribution in [0.1, 0.15) is 52.9 Å². The van der Waals surface area contributed by atoms with Crippen molar-refractivity contribution in [3.63, 3.8) is 0 Å². The van der Waals surface area contributed by atoms with Gasteiger partial charge in [0.05, 0.1) is 4.47 Å². The van der Waals surface area contributed by atoms with Crippen LogP contribution in [0.3, 0.4) is 0 Å². The summed E-state index contributed by atoms with van der Waals surface area (Å²) in [6.07, 6.45) is 6.26. The SMILES string of the molecule is CCC(C)(C)C1CCC(Nc2ccc(F)c(Br)c2)CC1. The van der Waals surface area contributed by atoms with Crippen molar-refractivity contribution in [2.75, 3.05) is 5.32 Å². The molecule has 0 bridgehead atoms. The number of rotatable bonds is 4. The van der Waals surface area contributed by atoms with Crippen molar-refractivity contribution >= 4 is 21.6 Å². The zero-order valence-corrected chi connectivity index (χ0v) is 14.3. The molecular formula is C17H25BrFN. The van der Waals surface area contributed by atoms with E-state index < -0.39 is 0 Å². The Hall–Kier alpha value is -0.570. The van der Waals surface area contributed by atoms with Crippen LogP contribution in [0, 0.1) is 17.2 Å². The molecule has 0 unspecified atom stereocenters. The van der Waals surface area contributed by atoms with Crippen LogP contribution < -0.4 is 5.32 Å². The summed E-state index contributed by atoms with van der Waals surface area (Å²) in [6.45, 7) is 7.07. The summed E-state index contributed by atoms with van der Waals surface area (Å²) < 4.78 is 13.8. The fourth-order valence-electron chi connectivity index (χ4n) is 3.13. The van der Waals surface area contributed by atoms with E-state index in [1.807, 2.05) is 12.1 Å². The maximum absolute atomic E-state index is 13.2. The van der Waals surface area contributed by atoms with Gasteiger partial charge in [-0.05, 0) is 71.1 Å². The summed E-state index contributed by atoms with van der Waals surface area (Å²) in [6, 6.07) is 5.69. The Balaban J connectivity index is 1.90. The van der Waals surface area contributed by atoms with Gasteiger partial charge in [-0.2, -0.15) is 0 Å². The fourth-order valence-corrected chi connectivity index (χ4v) is 3.51. The predicted molar refractivity (Wildman–Crippen MR) is 87.5 cm³/mol. The van der Waals surface area contributed by atoms with Gasteiger partial charge in [0.1, 0.15) is 5.82 Å². The lowest BCUT2D eigenvalue weighted by atomic mass is 9.69. The fraction of sp³-hybridized carbons (Fsp3) is 0.647. The van der Waals surface area contributed by atoms with E-state index in [1.165, 1.54) is 38.2 Å². The van der Waals surface area contributed by atoms with Gasteiger partial charge in [0.25, 0.3) is 0 Å². The summed E-state index contributed by atoms with van der Waals surface area (Å²) in [4.78, 5) is 0. The van der Waals surface area contributed by atoms with Gasteiger partial charge in [0.15, 0.2) is 0 Å². The topological polar surface area (TPSA) is 12.0 Å². The van der Waals surface area contributed by atoms with Gasteiger partial charge < -0.3 is 5.32 Å². The number of benzene rings is 1. The number of nitrogens with one attached hydrogen (secondary N) is 1. The molecule has 0 radical (unpaired) electrons. The van der Waals surface area contributed by atoms with Crippen molar-refractivity contribution in [2.24, 2.45) is 11.3 Å². The molecule has 2 rings (SSSR count). The molecule has 0 aliphatic heterocycles. The van der Waals surface area contributed by atoms with Gasteiger partial charge in [-0.15, -0.1) is 0 Å². The smallest absolute Gasteiger partial charge is 0.137 e. The average molecular weight is 342 g/mol. The molecule has 1 N–H and O–H groups in total. The maximum Gasteiger partial charge on any atom is 0.137 e. The molecule has 0 amide bonds. The lowest BCUT2D eigenvalue weighted by Gasteiger charge is -2.39. The van der Waals surface area contributed by atoms with Crippen LogP contribution in [-0.2, 0) is 0 Å². The highest BCUT2D eigenvalue weighted by Gasteiger charge is 2.31. The van der Waals surface area contributed by atoms with Crippen molar-refractivity contribution < 1.29 is 4.39 Å². The first-order valence-electron chi connectivity index (χ1n) is 7.64. The standard InChI is InChI=1S/C17H25BrFN/c1-4-17(2,3)12-5-7-13(8-6-12)20-14-9-10-16(19)15(18)11-14/h9-13,20H,4-8H2,1-3H3. The molecule has 0 aromatic heterocycles. The molecule has 0 spiro atoms. The monoisotopic (exact) mass is 341 g/mol. The minimum atomic E-state index is -0.205. The van der Waals surface area contributed by atoms with Gasteiger partial charge in [0.2, 0.25) is 0 Å². The number of hydrogen-bond donors (Lipinski definition) is 1. The largest absolute Gasteiger partial charge is 0.382 e. The third-order valence-electron chi connectivity index (χ3n) is 5.03. The minimum absolute atomic E-state index is 0.205. The molecule has 3 heteroatoms. The molecule has 20 heavy (non-hydrogen) atoms. The first-order valence-corrected chi connectivity index (χ1v) is 8.43. The van der Waals surface area contributed by atoms with Gasteiger partial charge in [0, 0.05) is 11.7 Å². The van der Waals surface area contributed by atoms with E-state index in [1.54, 1.807) is 0 Å². The van der Waals surface area contributed by atoms with E-state index in [4.69, 9.17) is 0 Å². The number of halogens is 2. The Labute approximate surface area is 130 Å². The highest BCUT2D eigenvalue weighted by molar-refractivity contribution is 9.10. The van der Waals surface area contributed by atoms with Crippen LogP contribution in [0.25, 0.3) is 0 Å². The molecule has 0 saturated heterocycles. The maximum atomic E-state index is 13.2. The Morgan fingerprint density at radius 3 is 2.45 bits per heavy atom. The highest BCUT2D eigenvalue weighted by Crippen LogP contribution is 2.41. The molecule has 1 aromatic carbocycles. The first-order chi connectivity index (χ1) is 9.42. The Bertz CT molecular complexity index is 450. The van der Waals surface area contributed by atoms with Gasteiger partial charge >= 0.3 is 0 Å². The molecule has 0 atom stereocenters. The minimum Gasteiger partial charge on any atom is -0.382 e. The van der Waals surface area contributed by atoms with Crippen LogP contribution in [0.5, 0.6) is 0 Å². The van der Waals surface area contributed by atoms with E-state index in [9.17, 15) is 4.39 Å². The summed E-state index contributed by atoms with van der Waals surface area (Å²) >= 11 is 3.24. The zero-order valence-electron chi connectivity index (χ0n) is 12.7. The molecule has 1 aliphatic carbocycles. The van der Waals surface area contributed by atoms with Crippen molar-refractivity contribution in [1.82, 2.24) is 0 Å². The van der Waals surface area contributed by atoms with Gasteiger partial charge in [-0.3, -0.25) is 0 Å². The predicted octanol–water partition coefficient (Wildman–Crippen LogP) is 6.00. The molecule has 0 heterocycles. The molecule has 1 saturated carbocycles. The Morgan fingerprint density at radius 2 is 1.90 bits per heavy atom. The molecule has 1 fully saturated rings. The van der Waals surface area contributed by atoms with E-state index in [2.05, 4.69) is 42.0 Å². The number of anilines is 1. The molecule has 1 nitrogen and oxygen atoms in total. The summed E-state index contributed by atoms with van der Waals surface area (Å²) in [5.41, 5.74) is 1.47. The Kier molecular flexibility index (Phi) is 5.11. The second-order valence-electron chi connectivity index (χ2n) is 6.66. The van der Waals surface area contributed by atoms with E-state index in [0.717, 1.165) is 11.6 Å². The first kappa shape index (κ1) is 15.8. The quantitative estimate of drug-likeness (QED) is 0.708. The molecule has 1 aliphatic rings. The van der Waals surface area contributed by atoms with Crippen LogP contribution in [0.2, 0.25) is 0 Å². The third-order valence-corrected chi connectivity index (χ3v) is 5.64. The Morgan fingerprint density at radius 1 is 1.25 bits per heavy atom. The molecule has 112 valence electrons. The van der Waals surface area contributed by atoms with Crippen LogP contribution in [0.4, 0.5) is 10.1 Å². The van der Waals surface area contributed by atoms with Gasteiger partial charge in [-0.1, -0.05) is 27.2 Å². The van der Waals surface area contributed by atoms with Crippen LogP contribution in [-0.4, -0.2) is 6.04 Å². The molecule has 1 aromatic rings. The molecular weight excluding hydrogens is 317 g/mol. The van der Waals surface area contributed by atoms with Crippen molar-refractivity contribution in [3.8, 4) is 0 Å². The zero-order chi connectivity index (χ0) is 14.8. The average Bonchev–Trinajstić information content (AvgIpc) is 2.43. The number of hydrogen-bond acceptors (Lipinski definition) is 1. The van der Waals surface area contributed by atoms with Crippen molar-refractivity contribution in [3.05, 3.63) is 28.5 Å². The van der Waals surface area contributed by atoms with Crippen molar-refractivity contribution in [1.29, 1.82) is 0 Å². The van der Waals surface area contributed by atoms with E-state index in [-0.39, 0.29) is 5.82 Å². The lowest BCUT2D eigenvalue weighted by molar-refractivity contribution is 0.147. The highest BCUT2D eigenvalue weighted by atomic mass is 79.9. The lowest BCUT2D eigenvalue weighted by Crippen LogP contribution is -2.32. The second kappa shape index (κ2) is 6.46. The summed E-state index contributed by atoms with van der Waals surface area (Å²) in [5.74, 6) is 0.634.